The van der Waals surface area contributed by atoms with Crippen LogP contribution in [0.4, 0.5) is 0 Å². The Morgan fingerprint density at radius 2 is 1.15 bits per heavy atom. The lowest BCUT2D eigenvalue weighted by Crippen LogP contribution is -2.18. The first kappa shape index (κ1) is 31.3. The van der Waals surface area contributed by atoms with Crippen LogP contribution in [0.3, 0.4) is 0 Å². The lowest BCUT2D eigenvalue weighted by Gasteiger charge is -2.22. The van der Waals surface area contributed by atoms with Gasteiger partial charge in [0.15, 0.2) is 0 Å². The summed E-state index contributed by atoms with van der Waals surface area (Å²) in [5, 5.41) is 1.00. The molecule has 2 atom stereocenters. The highest BCUT2D eigenvalue weighted by Gasteiger charge is 2.15. The van der Waals surface area contributed by atoms with Crippen LogP contribution in [0.2, 0.25) is 0 Å². The Hall–Kier alpha value is 0.310. The summed E-state index contributed by atoms with van der Waals surface area (Å²) in [4.78, 5) is 0. The highest BCUT2D eigenvalue weighted by atomic mass is 32.2. The molecule has 1 heterocycles. The minimum atomic E-state index is 0.598. The van der Waals surface area contributed by atoms with Gasteiger partial charge in [-0.2, -0.15) is 0 Å². The average molecular weight is 484 g/mol. The summed E-state index contributed by atoms with van der Waals surface area (Å²) in [6.07, 6.45) is 36.5. The van der Waals surface area contributed by atoms with E-state index in [0.29, 0.717) is 6.10 Å². The highest BCUT2D eigenvalue weighted by Crippen LogP contribution is 2.20. The van der Waals surface area contributed by atoms with Gasteiger partial charge >= 0.3 is 0 Å². The third kappa shape index (κ3) is 21.3. The molecule has 1 aliphatic rings. The summed E-state index contributed by atoms with van der Waals surface area (Å²) in [7, 11) is 0. The van der Waals surface area contributed by atoms with Gasteiger partial charge in [0, 0.05) is 6.61 Å². The first-order valence-electron chi connectivity index (χ1n) is 15.6. The Labute approximate surface area is 214 Å². The molecule has 1 aliphatic heterocycles. The molecule has 1 saturated heterocycles. The van der Waals surface area contributed by atoms with Crippen LogP contribution < -0.4 is 0 Å². The van der Waals surface area contributed by atoms with E-state index in [1.165, 1.54) is 166 Å². The third-order valence-corrected chi connectivity index (χ3v) is 9.23. The van der Waals surface area contributed by atoms with E-state index in [0.717, 1.165) is 11.9 Å². The number of hydrogen-bond donors (Lipinski definition) is 0. The van der Waals surface area contributed by atoms with Crippen LogP contribution in [-0.2, 0) is 16.5 Å². The molecular formula is C31H63OS+. The van der Waals surface area contributed by atoms with Gasteiger partial charge in [-0.1, -0.05) is 110 Å². The summed E-state index contributed by atoms with van der Waals surface area (Å²) >= 11 is 1.78. The lowest BCUT2D eigenvalue weighted by atomic mass is 10.0. The first-order valence-corrected chi connectivity index (χ1v) is 16.8. The molecule has 2 heteroatoms. The van der Waals surface area contributed by atoms with Crippen molar-refractivity contribution in [3.05, 3.63) is 0 Å². The van der Waals surface area contributed by atoms with E-state index in [1.54, 1.807) is 11.8 Å². The maximum atomic E-state index is 5.84. The van der Waals surface area contributed by atoms with Gasteiger partial charge in [-0.25, -0.2) is 0 Å². The van der Waals surface area contributed by atoms with Crippen molar-refractivity contribution >= 4 is 11.8 Å². The third-order valence-electron chi connectivity index (χ3n) is 7.63. The van der Waals surface area contributed by atoms with Crippen molar-refractivity contribution in [2.45, 2.75) is 186 Å². The summed E-state index contributed by atoms with van der Waals surface area (Å²) in [5.41, 5.74) is 0. The van der Waals surface area contributed by atoms with Crippen molar-refractivity contribution in [3.63, 3.8) is 0 Å². The zero-order valence-corrected chi connectivity index (χ0v) is 24.0. The van der Waals surface area contributed by atoms with Gasteiger partial charge in [-0.05, 0) is 76.0 Å². The summed E-state index contributed by atoms with van der Waals surface area (Å²) in [6.45, 7) is 5.69. The molecule has 0 aromatic heterocycles. The van der Waals surface area contributed by atoms with Crippen LogP contribution in [0.15, 0.2) is 0 Å². The van der Waals surface area contributed by atoms with E-state index in [-0.39, 0.29) is 0 Å². The summed E-state index contributed by atoms with van der Waals surface area (Å²) < 4.78 is 5.84. The maximum Gasteiger partial charge on any atom is 0.116 e. The molecular weight excluding hydrogens is 420 g/mol. The standard InChI is InChI=1S/C31H62OS/c1-3-5-7-8-13-17-20-27-31(26-6-4-2)33-29-23-18-15-12-10-9-11-14-16-19-24-30-25-21-22-28-32-30/h30-31H,3-29H2,1-2H3/p+1. The molecule has 0 radical (unpaired) electrons. The van der Waals surface area contributed by atoms with Crippen LogP contribution >= 0.6 is 0 Å². The molecule has 2 unspecified atom stereocenters. The second kappa shape index (κ2) is 25.4. The second-order valence-electron chi connectivity index (χ2n) is 10.9. The van der Waals surface area contributed by atoms with Gasteiger partial charge in [0.2, 0.25) is 0 Å². The normalized spacial score (nSPS) is 17.5. The van der Waals surface area contributed by atoms with Crippen molar-refractivity contribution in [3.8, 4) is 0 Å². The highest BCUT2D eigenvalue weighted by molar-refractivity contribution is 7.79. The Morgan fingerprint density at radius 1 is 0.606 bits per heavy atom. The fraction of sp³-hybridized carbons (Fsp3) is 1.00. The molecule has 1 fully saturated rings. The van der Waals surface area contributed by atoms with Gasteiger partial charge < -0.3 is 4.74 Å². The van der Waals surface area contributed by atoms with Crippen LogP contribution in [0, 0.1) is 0 Å². The number of ether oxygens (including phenoxy) is 1. The van der Waals surface area contributed by atoms with E-state index < -0.39 is 0 Å². The zero-order chi connectivity index (χ0) is 23.7. The van der Waals surface area contributed by atoms with Crippen LogP contribution in [0.1, 0.15) is 174 Å². The SMILES string of the molecule is CCCCCCCCCC(CCCC)[SH+]CCCCCCCCCCCCC1CCCCO1. The van der Waals surface area contributed by atoms with Gasteiger partial charge in [0.25, 0.3) is 0 Å². The average Bonchev–Trinajstić information content (AvgIpc) is 2.84. The van der Waals surface area contributed by atoms with Crippen molar-refractivity contribution in [2.75, 3.05) is 12.4 Å². The Bertz CT molecular complexity index is 366. The van der Waals surface area contributed by atoms with Gasteiger partial charge in [-0.3, -0.25) is 0 Å². The molecule has 0 aromatic rings. The monoisotopic (exact) mass is 483 g/mol. The molecule has 0 aliphatic carbocycles. The second-order valence-corrected chi connectivity index (χ2v) is 12.5. The van der Waals surface area contributed by atoms with Crippen molar-refractivity contribution in [2.24, 2.45) is 0 Å². The first-order chi connectivity index (χ1) is 16.4. The molecule has 0 aromatic carbocycles. The smallest absolute Gasteiger partial charge is 0.116 e. The van der Waals surface area contributed by atoms with Crippen LogP contribution in [-0.4, -0.2) is 23.7 Å². The van der Waals surface area contributed by atoms with Crippen LogP contribution in [0.25, 0.3) is 0 Å². The summed E-state index contributed by atoms with van der Waals surface area (Å²) in [6, 6.07) is 0. The Balaban J connectivity index is 1.84. The minimum Gasteiger partial charge on any atom is -0.378 e. The molecule has 0 bridgehead atoms. The molecule has 0 amide bonds. The molecule has 33 heavy (non-hydrogen) atoms. The van der Waals surface area contributed by atoms with Gasteiger partial charge in [-0.15, -0.1) is 0 Å². The van der Waals surface area contributed by atoms with E-state index in [1.807, 2.05) is 0 Å². The van der Waals surface area contributed by atoms with E-state index in [2.05, 4.69) is 13.8 Å². The predicted molar refractivity (Wildman–Crippen MR) is 154 cm³/mol. The van der Waals surface area contributed by atoms with Crippen molar-refractivity contribution in [1.29, 1.82) is 0 Å². The number of rotatable bonds is 25. The maximum absolute atomic E-state index is 5.84. The van der Waals surface area contributed by atoms with Crippen LogP contribution in [0.5, 0.6) is 0 Å². The zero-order valence-electron chi connectivity index (χ0n) is 23.1. The number of hydrogen-bond acceptors (Lipinski definition) is 1. The van der Waals surface area contributed by atoms with Crippen molar-refractivity contribution in [1.82, 2.24) is 0 Å². The fourth-order valence-electron chi connectivity index (χ4n) is 5.31. The topological polar surface area (TPSA) is 9.23 Å². The lowest BCUT2D eigenvalue weighted by molar-refractivity contribution is 0.00977. The Kier molecular flexibility index (Phi) is 24.1. The quantitative estimate of drug-likeness (QED) is 0.0712. The molecule has 0 spiro atoms. The van der Waals surface area contributed by atoms with E-state index in [4.69, 9.17) is 4.74 Å². The summed E-state index contributed by atoms with van der Waals surface area (Å²) in [5.74, 6) is 1.47. The van der Waals surface area contributed by atoms with E-state index in [9.17, 15) is 0 Å². The largest absolute Gasteiger partial charge is 0.378 e. The predicted octanol–water partition coefficient (Wildman–Crippen LogP) is 10.4. The fourth-order valence-corrected chi connectivity index (χ4v) is 6.81. The molecule has 0 saturated carbocycles. The van der Waals surface area contributed by atoms with Gasteiger partial charge in [0.1, 0.15) is 11.0 Å². The number of unbranched alkanes of at least 4 members (excludes halogenated alkanes) is 16. The minimum absolute atomic E-state index is 0.598. The number of thiol groups is 1. The van der Waals surface area contributed by atoms with E-state index >= 15 is 0 Å². The van der Waals surface area contributed by atoms with Crippen molar-refractivity contribution < 1.29 is 4.74 Å². The Morgan fingerprint density at radius 3 is 1.76 bits per heavy atom. The molecule has 1 rings (SSSR count). The van der Waals surface area contributed by atoms with Gasteiger partial charge in [0.05, 0.1) is 6.10 Å². The molecule has 1 nitrogen and oxygen atoms in total. The molecule has 198 valence electrons. The molecule has 0 N–H and O–H groups in total.